The van der Waals surface area contributed by atoms with Crippen molar-refractivity contribution in [1.82, 2.24) is 4.90 Å². The summed E-state index contributed by atoms with van der Waals surface area (Å²) < 4.78 is 0. The Kier molecular flexibility index (Phi) is 2.06. The van der Waals surface area contributed by atoms with Crippen molar-refractivity contribution in [3.8, 4) is 0 Å². The van der Waals surface area contributed by atoms with Crippen molar-refractivity contribution in [2.45, 2.75) is 5.60 Å². The first-order chi connectivity index (χ1) is 6.10. The zero-order valence-electron chi connectivity index (χ0n) is 7.50. The minimum Gasteiger partial charge on any atom is -0.382 e. The van der Waals surface area contributed by atoms with Gasteiger partial charge in [-0.05, 0) is 24.7 Å². The molecule has 1 N–H and O–H groups in total. The SMILES string of the molecule is CN1CC(O)(c2ccc(Cl)cc2)C1. The first-order valence-electron chi connectivity index (χ1n) is 4.27. The molecule has 0 unspecified atom stereocenters. The fourth-order valence-electron chi connectivity index (χ4n) is 1.79. The van der Waals surface area contributed by atoms with Crippen molar-refractivity contribution >= 4 is 11.6 Å². The summed E-state index contributed by atoms with van der Waals surface area (Å²) in [5, 5.41) is 10.8. The standard InChI is InChI=1S/C10H12ClNO/c1-12-6-10(13,7-12)8-2-4-9(11)5-3-8/h2-5,13H,6-7H2,1H3. The zero-order valence-corrected chi connectivity index (χ0v) is 8.25. The first kappa shape index (κ1) is 9.00. The largest absolute Gasteiger partial charge is 0.382 e. The molecule has 1 heterocycles. The van der Waals surface area contributed by atoms with Crippen LogP contribution in [0.4, 0.5) is 0 Å². The minimum atomic E-state index is -0.653. The molecule has 0 saturated carbocycles. The lowest BCUT2D eigenvalue weighted by Gasteiger charge is -2.44. The molecule has 1 aliphatic rings. The molecule has 0 aromatic heterocycles. The number of aliphatic hydroxyl groups is 1. The third kappa shape index (κ3) is 1.57. The lowest BCUT2D eigenvalue weighted by Crippen LogP contribution is -2.57. The highest BCUT2D eigenvalue weighted by atomic mass is 35.5. The lowest BCUT2D eigenvalue weighted by atomic mass is 9.87. The van der Waals surface area contributed by atoms with E-state index in [0.29, 0.717) is 18.1 Å². The molecule has 13 heavy (non-hydrogen) atoms. The van der Waals surface area contributed by atoms with Crippen molar-refractivity contribution in [2.75, 3.05) is 20.1 Å². The third-order valence-corrected chi connectivity index (χ3v) is 2.70. The van der Waals surface area contributed by atoms with Crippen molar-refractivity contribution < 1.29 is 5.11 Å². The first-order valence-corrected chi connectivity index (χ1v) is 4.65. The molecule has 0 bridgehead atoms. The van der Waals surface area contributed by atoms with E-state index in [4.69, 9.17) is 11.6 Å². The molecule has 1 aromatic rings. The van der Waals surface area contributed by atoms with Gasteiger partial charge in [0.05, 0.1) is 0 Å². The van der Waals surface area contributed by atoms with Gasteiger partial charge in [0, 0.05) is 18.1 Å². The Bertz CT molecular complexity index is 303. The number of benzene rings is 1. The number of β-amino-alcohol motifs (C(OH)–C–C–N with tert-alkyl or cyclic N) is 1. The van der Waals surface area contributed by atoms with E-state index < -0.39 is 5.60 Å². The van der Waals surface area contributed by atoms with Gasteiger partial charge in [-0.2, -0.15) is 0 Å². The average Bonchev–Trinajstić information content (AvgIpc) is 2.03. The summed E-state index contributed by atoms with van der Waals surface area (Å²) in [6.07, 6.45) is 0. The van der Waals surface area contributed by atoms with Gasteiger partial charge in [-0.1, -0.05) is 23.7 Å². The van der Waals surface area contributed by atoms with Gasteiger partial charge in [-0.3, -0.25) is 4.90 Å². The van der Waals surface area contributed by atoms with Gasteiger partial charge in [-0.15, -0.1) is 0 Å². The monoisotopic (exact) mass is 197 g/mol. The molecule has 2 rings (SSSR count). The summed E-state index contributed by atoms with van der Waals surface area (Å²) >= 11 is 5.76. The summed E-state index contributed by atoms with van der Waals surface area (Å²) in [7, 11) is 1.99. The van der Waals surface area contributed by atoms with Gasteiger partial charge < -0.3 is 5.11 Å². The van der Waals surface area contributed by atoms with Crippen LogP contribution in [-0.4, -0.2) is 30.1 Å². The molecule has 3 heteroatoms. The molecule has 0 spiro atoms. The molecular weight excluding hydrogens is 186 g/mol. The molecule has 0 amide bonds. The quantitative estimate of drug-likeness (QED) is 0.737. The van der Waals surface area contributed by atoms with Crippen LogP contribution in [0.25, 0.3) is 0 Å². The zero-order chi connectivity index (χ0) is 9.47. The Labute approximate surface area is 82.7 Å². The Hall–Kier alpha value is -0.570. The summed E-state index contributed by atoms with van der Waals surface area (Å²) in [5.41, 5.74) is 0.300. The maximum Gasteiger partial charge on any atom is 0.115 e. The number of halogens is 1. The number of likely N-dealkylation sites (N-methyl/N-ethyl adjacent to an activating group) is 1. The van der Waals surface area contributed by atoms with Gasteiger partial charge >= 0.3 is 0 Å². The summed E-state index contributed by atoms with van der Waals surface area (Å²) in [6.45, 7) is 1.41. The van der Waals surface area contributed by atoms with Crippen LogP contribution < -0.4 is 0 Å². The molecule has 70 valence electrons. The molecule has 0 radical (unpaired) electrons. The lowest BCUT2D eigenvalue weighted by molar-refractivity contribution is -0.0918. The fourth-order valence-corrected chi connectivity index (χ4v) is 1.92. The highest BCUT2D eigenvalue weighted by molar-refractivity contribution is 6.30. The van der Waals surface area contributed by atoms with E-state index in [1.807, 2.05) is 31.3 Å². The second-order valence-corrected chi connectivity index (χ2v) is 4.15. The molecule has 1 fully saturated rings. The second-order valence-electron chi connectivity index (χ2n) is 3.71. The number of rotatable bonds is 1. The van der Waals surface area contributed by atoms with E-state index >= 15 is 0 Å². The van der Waals surface area contributed by atoms with Crippen LogP contribution in [0.15, 0.2) is 24.3 Å². The van der Waals surface area contributed by atoms with Crippen LogP contribution in [0.3, 0.4) is 0 Å². The van der Waals surface area contributed by atoms with Crippen molar-refractivity contribution in [1.29, 1.82) is 0 Å². The summed E-state index contributed by atoms with van der Waals surface area (Å²) in [5.74, 6) is 0. The van der Waals surface area contributed by atoms with Crippen LogP contribution in [0.2, 0.25) is 5.02 Å². The van der Waals surface area contributed by atoms with Crippen molar-refractivity contribution in [2.24, 2.45) is 0 Å². The maximum atomic E-state index is 10.1. The van der Waals surface area contributed by atoms with E-state index in [9.17, 15) is 5.11 Å². The Morgan fingerprint density at radius 2 is 1.85 bits per heavy atom. The number of likely N-dealkylation sites (tertiary alicyclic amines) is 1. The van der Waals surface area contributed by atoms with E-state index in [1.54, 1.807) is 0 Å². The fraction of sp³-hybridized carbons (Fsp3) is 0.400. The smallest absolute Gasteiger partial charge is 0.115 e. The van der Waals surface area contributed by atoms with Gasteiger partial charge in [0.25, 0.3) is 0 Å². The highest BCUT2D eigenvalue weighted by Crippen LogP contribution is 2.30. The average molecular weight is 198 g/mol. The minimum absolute atomic E-state index is 0.653. The predicted molar refractivity (Wildman–Crippen MR) is 52.8 cm³/mol. The van der Waals surface area contributed by atoms with Crippen molar-refractivity contribution in [3.63, 3.8) is 0 Å². The topological polar surface area (TPSA) is 23.5 Å². The highest BCUT2D eigenvalue weighted by Gasteiger charge is 2.40. The maximum absolute atomic E-state index is 10.1. The molecular formula is C10H12ClNO. The molecule has 2 nitrogen and oxygen atoms in total. The van der Waals surface area contributed by atoms with Gasteiger partial charge in [-0.25, -0.2) is 0 Å². The van der Waals surface area contributed by atoms with Crippen LogP contribution in [-0.2, 0) is 5.60 Å². The molecule has 0 aliphatic carbocycles. The van der Waals surface area contributed by atoms with Crippen LogP contribution >= 0.6 is 11.6 Å². The predicted octanol–water partition coefficient (Wildman–Crippen LogP) is 1.47. The Morgan fingerprint density at radius 1 is 1.31 bits per heavy atom. The van der Waals surface area contributed by atoms with Gasteiger partial charge in [0.1, 0.15) is 5.60 Å². The number of hydrogen-bond donors (Lipinski definition) is 1. The van der Waals surface area contributed by atoms with Crippen LogP contribution in [0.1, 0.15) is 5.56 Å². The number of nitrogens with zero attached hydrogens (tertiary/aromatic N) is 1. The Morgan fingerprint density at radius 3 is 2.31 bits per heavy atom. The molecule has 1 aromatic carbocycles. The molecule has 1 aliphatic heterocycles. The van der Waals surface area contributed by atoms with Gasteiger partial charge in [0.2, 0.25) is 0 Å². The van der Waals surface area contributed by atoms with Crippen LogP contribution in [0.5, 0.6) is 0 Å². The Balaban J connectivity index is 2.22. The summed E-state index contributed by atoms with van der Waals surface area (Å²) in [6, 6.07) is 7.39. The van der Waals surface area contributed by atoms with Gasteiger partial charge in [0.15, 0.2) is 0 Å². The van der Waals surface area contributed by atoms with E-state index in [2.05, 4.69) is 4.90 Å². The molecule has 1 saturated heterocycles. The van der Waals surface area contributed by atoms with E-state index in [-0.39, 0.29) is 0 Å². The van der Waals surface area contributed by atoms with E-state index in [0.717, 1.165) is 5.56 Å². The normalized spacial score (nSPS) is 21.2. The number of hydrogen-bond acceptors (Lipinski definition) is 2. The summed E-state index contributed by atoms with van der Waals surface area (Å²) in [4.78, 5) is 2.08. The third-order valence-electron chi connectivity index (χ3n) is 2.44. The second kappa shape index (κ2) is 2.98. The van der Waals surface area contributed by atoms with Crippen LogP contribution in [0, 0.1) is 0 Å². The molecule has 0 atom stereocenters. The van der Waals surface area contributed by atoms with Crippen molar-refractivity contribution in [3.05, 3.63) is 34.9 Å². The van der Waals surface area contributed by atoms with E-state index in [1.165, 1.54) is 0 Å².